The summed E-state index contributed by atoms with van der Waals surface area (Å²) < 4.78 is 0. The fraction of sp³-hybridized carbons (Fsp3) is 0.650. The molecule has 1 aromatic rings. The maximum Gasteiger partial charge on any atom is 0.319 e. The fourth-order valence-electron chi connectivity index (χ4n) is 3.55. The van der Waals surface area contributed by atoms with Crippen LogP contribution in [0.25, 0.3) is 0 Å². The van der Waals surface area contributed by atoms with E-state index in [2.05, 4.69) is 35.4 Å². The van der Waals surface area contributed by atoms with Crippen LogP contribution in [-0.2, 0) is 0 Å². The Labute approximate surface area is 151 Å². The van der Waals surface area contributed by atoms with Crippen molar-refractivity contribution in [3.63, 3.8) is 0 Å². The Hall–Kier alpha value is -1.75. The number of hydrogen-bond donors (Lipinski definition) is 3. The molecule has 1 fully saturated rings. The number of benzene rings is 1. The minimum absolute atomic E-state index is 0.0261. The van der Waals surface area contributed by atoms with Gasteiger partial charge in [-0.25, -0.2) is 4.79 Å². The molecular weight excluding hydrogens is 314 g/mol. The molecule has 0 unspecified atom stereocenters. The summed E-state index contributed by atoms with van der Waals surface area (Å²) in [7, 11) is 0. The van der Waals surface area contributed by atoms with Crippen LogP contribution >= 0.6 is 0 Å². The third-order valence-corrected chi connectivity index (χ3v) is 5.59. The number of nitrogens with one attached hydrogen (secondary N) is 2. The van der Waals surface area contributed by atoms with Crippen molar-refractivity contribution in [2.75, 3.05) is 36.5 Å². The Morgan fingerprint density at radius 1 is 1.20 bits per heavy atom. The molecule has 25 heavy (non-hydrogen) atoms. The summed E-state index contributed by atoms with van der Waals surface area (Å²) in [4.78, 5) is 14.7. The normalized spacial score (nSPS) is 15.1. The highest BCUT2D eigenvalue weighted by molar-refractivity contribution is 5.89. The molecule has 5 nitrogen and oxygen atoms in total. The molecule has 0 atom stereocenters. The van der Waals surface area contributed by atoms with Gasteiger partial charge in [0.2, 0.25) is 0 Å². The van der Waals surface area contributed by atoms with Crippen LogP contribution in [0.5, 0.6) is 0 Å². The average molecular weight is 348 g/mol. The monoisotopic (exact) mass is 347 g/mol. The Morgan fingerprint density at radius 2 is 1.92 bits per heavy atom. The Bertz CT molecular complexity index is 537. The molecule has 2 amide bonds. The molecule has 1 heterocycles. The minimum atomic E-state index is -0.181. The highest BCUT2D eigenvalue weighted by Gasteiger charge is 2.26. The van der Waals surface area contributed by atoms with Gasteiger partial charge in [-0.1, -0.05) is 19.9 Å². The van der Waals surface area contributed by atoms with Gasteiger partial charge >= 0.3 is 6.03 Å². The first-order valence-corrected chi connectivity index (χ1v) is 9.63. The van der Waals surface area contributed by atoms with Crippen molar-refractivity contribution in [2.45, 2.75) is 52.4 Å². The second-order valence-corrected chi connectivity index (χ2v) is 7.09. The maximum absolute atomic E-state index is 12.3. The van der Waals surface area contributed by atoms with E-state index in [4.69, 9.17) is 0 Å². The van der Waals surface area contributed by atoms with Crippen molar-refractivity contribution in [3.05, 3.63) is 24.3 Å². The van der Waals surface area contributed by atoms with Crippen LogP contribution in [0.3, 0.4) is 0 Å². The van der Waals surface area contributed by atoms with Gasteiger partial charge in [-0.05, 0) is 62.1 Å². The summed E-state index contributed by atoms with van der Waals surface area (Å²) in [6.07, 6.45) is 6.37. The minimum Gasteiger partial charge on any atom is -0.396 e. The van der Waals surface area contributed by atoms with Crippen LogP contribution in [0, 0.1) is 5.41 Å². The molecule has 140 valence electrons. The molecule has 5 heteroatoms. The van der Waals surface area contributed by atoms with E-state index < -0.39 is 0 Å². The van der Waals surface area contributed by atoms with Gasteiger partial charge in [0.05, 0.1) is 0 Å². The standard InChI is InChI=1S/C20H33N3O2/c1-3-20(4-2,11-14-24)16-21-19(25)22-17-9-8-10-18(15-17)23-12-6-5-7-13-23/h8-10,15,24H,3-7,11-14,16H2,1-2H3,(H2,21,22,25). The summed E-state index contributed by atoms with van der Waals surface area (Å²) in [6.45, 7) is 7.14. The quantitative estimate of drug-likeness (QED) is 0.666. The number of carbonyl (C=O) groups excluding carboxylic acids is 1. The highest BCUT2D eigenvalue weighted by Crippen LogP contribution is 2.29. The summed E-state index contributed by atoms with van der Waals surface area (Å²) in [5.41, 5.74) is 1.97. The number of urea groups is 1. The Kier molecular flexibility index (Phi) is 7.56. The van der Waals surface area contributed by atoms with Gasteiger partial charge in [0, 0.05) is 37.6 Å². The number of nitrogens with zero attached hydrogens (tertiary/aromatic N) is 1. The number of carbonyl (C=O) groups is 1. The first-order chi connectivity index (χ1) is 12.1. The van der Waals surface area contributed by atoms with Gasteiger partial charge in [0.1, 0.15) is 0 Å². The molecule has 1 saturated heterocycles. The molecule has 1 aliphatic rings. The lowest BCUT2D eigenvalue weighted by Gasteiger charge is -2.31. The van der Waals surface area contributed by atoms with Crippen molar-refractivity contribution < 1.29 is 9.90 Å². The number of aliphatic hydroxyl groups excluding tert-OH is 1. The van der Waals surface area contributed by atoms with Crippen molar-refractivity contribution in [1.82, 2.24) is 5.32 Å². The van der Waals surface area contributed by atoms with E-state index in [9.17, 15) is 9.90 Å². The van der Waals surface area contributed by atoms with Crippen LogP contribution in [0.1, 0.15) is 52.4 Å². The third-order valence-electron chi connectivity index (χ3n) is 5.59. The first-order valence-electron chi connectivity index (χ1n) is 9.63. The molecule has 0 radical (unpaired) electrons. The lowest BCUT2D eigenvalue weighted by Crippen LogP contribution is -2.39. The summed E-state index contributed by atoms with van der Waals surface area (Å²) in [6, 6.07) is 7.89. The van der Waals surface area contributed by atoms with Crippen LogP contribution in [0.15, 0.2) is 24.3 Å². The van der Waals surface area contributed by atoms with Gasteiger partial charge in [0.15, 0.2) is 0 Å². The van der Waals surface area contributed by atoms with E-state index in [1.54, 1.807) is 0 Å². The zero-order chi connectivity index (χ0) is 18.1. The molecule has 0 spiro atoms. The number of amides is 2. The molecule has 0 aromatic heterocycles. The molecule has 0 saturated carbocycles. The van der Waals surface area contributed by atoms with Crippen LogP contribution in [0.4, 0.5) is 16.2 Å². The van der Waals surface area contributed by atoms with Gasteiger partial charge < -0.3 is 20.6 Å². The van der Waals surface area contributed by atoms with Gasteiger partial charge in [-0.3, -0.25) is 0 Å². The topological polar surface area (TPSA) is 64.6 Å². The number of rotatable bonds is 8. The maximum atomic E-state index is 12.3. The lowest BCUT2D eigenvalue weighted by atomic mass is 9.79. The number of piperidine rings is 1. The molecule has 0 bridgehead atoms. The number of hydrogen-bond acceptors (Lipinski definition) is 3. The molecule has 3 N–H and O–H groups in total. The number of anilines is 2. The lowest BCUT2D eigenvalue weighted by molar-refractivity contribution is 0.165. The second-order valence-electron chi connectivity index (χ2n) is 7.09. The summed E-state index contributed by atoms with van der Waals surface area (Å²) >= 11 is 0. The summed E-state index contributed by atoms with van der Waals surface area (Å²) in [5, 5.41) is 15.2. The van der Waals surface area contributed by atoms with Crippen LogP contribution in [0.2, 0.25) is 0 Å². The van der Waals surface area contributed by atoms with E-state index in [1.807, 2.05) is 18.2 Å². The second kappa shape index (κ2) is 9.66. The molecular formula is C20H33N3O2. The predicted octanol–water partition coefficient (Wildman–Crippen LogP) is 3.99. The highest BCUT2D eigenvalue weighted by atomic mass is 16.3. The SMILES string of the molecule is CCC(CC)(CCO)CNC(=O)Nc1cccc(N2CCCCC2)c1. The molecule has 1 aliphatic heterocycles. The van der Waals surface area contributed by atoms with E-state index in [1.165, 1.54) is 24.9 Å². The average Bonchev–Trinajstić information content (AvgIpc) is 2.66. The third kappa shape index (κ3) is 5.63. The van der Waals surface area contributed by atoms with E-state index in [0.29, 0.717) is 13.0 Å². The molecule has 2 rings (SSSR count). The summed E-state index contributed by atoms with van der Waals surface area (Å²) in [5.74, 6) is 0. The predicted molar refractivity (Wildman–Crippen MR) is 104 cm³/mol. The fourth-order valence-corrected chi connectivity index (χ4v) is 3.55. The van der Waals surface area contributed by atoms with Gasteiger partial charge in [-0.15, -0.1) is 0 Å². The van der Waals surface area contributed by atoms with Crippen molar-refractivity contribution in [1.29, 1.82) is 0 Å². The molecule has 0 aliphatic carbocycles. The van der Waals surface area contributed by atoms with Gasteiger partial charge in [0.25, 0.3) is 0 Å². The Morgan fingerprint density at radius 3 is 2.56 bits per heavy atom. The number of aliphatic hydroxyl groups is 1. The van der Waals surface area contributed by atoms with E-state index in [0.717, 1.165) is 31.6 Å². The van der Waals surface area contributed by atoms with E-state index in [-0.39, 0.29) is 18.1 Å². The zero-order valence-corrected chi connectivity index (χ0v) is 15.7. The van der Waals surface area contributed by atoms with Crippen molar-refractivity contribution in [3.8, 4) is 0 Å². The van der Waals surface area contributed by atoms with Crippen LogP contribution < -0.4 is 15.5 Å². The molecule has 1 aromatic carbocycles. The van der Waals surface area contributed by atoms with Crippen molar-refractivity contribution in [2.24, 2.45) is 5.41 Å². The first kappa shape index (κ1) is 19.6. The smallest absolute Gasteiger partial charge is 0.319 e. The zero-order valence-electron chi connectivity index (χ0n) is 15.7. The van der Waals surface area contributed by atoms with E-state index >= 15 is 0 Å². The van der Waals surface area contributed by atoms with Crippen molar-refractivity contribution >= 4 is 17.4 Å². The Balaban J connectivity index is 1.91. The largest absolute Gasteiger partial charge is 0.396 e. The van der Waals surface area contributed by atoms with Gasteiger partial charge in [-0.2, -0.15) is 0 Å². The van der Waals surface area contributed by atoms with Crippen LogP contribution in [-0.4, -0.2) is 37.4 Å².